The zero-order valence-electron chi connectivity index (χ0n) is 15.8. The zero-order chi connectivity index (χ0) is 19.5. The molecule has 0 radical (unpaired) electrons. The number of aromatic nitrogens is 5. The molecule has 0 amide bonds. The summed E-state index contributed by atoms with van der Waals surface area (Å²) in [6.07, 6.45) is 4.76. The van der Waals surface area contributed by atoms with E-state index in [1.165, 1.54) is 0 Å². The maximum absolute atomic E-state index is 5.64. The van der Waals surface area contributed by atoms with Gasteiger partial charge in [-0.25, -0.2) is 19.9 Å². The number of nitrogens with two attached hydrogens (primary N) is 2. The lowest BCUT2D eigenvalue weighted by Gasteiger charge is -2.10. The minimum absolute atomic E-state index is 0.183. The van der Waals surface area contributed by atoms with Crippen LogP contribution in [0.15, 0.2) is 36.8 Å². The smallest absolute Gasteiger partial charge is 0.220 e. The Hall–Kier alpha value is -3.29. The number of nitrogens with zero attached hydrogens (tertiary/aromatic N) is 5. The first-order chi connectivity index (χ1) is 12.7. The molecular weight excluding hydrogens is 330 g/mol. The summed E-state index contributed by atoms with van der Waals surface area (Å²) in [6, 6.07) is 5.28. The second-order valence-corrected chi connectivity index (χ2v) is 4.37. The van der Waals surface area contributed by atoms with Crippen molar-refractivity contribution >= 4 is 11.9 Å². The summed E-state index contributed by atoms with van der Waals surface area (Å²) in [4.78, 5) is 20.4. The van der Waals surface area contributed by atoms with Gasteiger partial charge in [-0.3, -0.25) is 4.98 Å². The van der Waals surface area contributed by atoms with Gasteiger partial charge in [0.05, 0.1) is 30.4 Å². The van der Waals surface area contributed by atoms with E-state index in [2.05, 4.69) is 24.9 Å². The van der Waals surface area contributed by atoms with Gasteiger partial charge >= 0.3 is 0 Å². The summed E-state index contributed by atoms with van der Waals surface area (Å²) in [7, 11) is 1.56. The van der Waals surface area contributed by atoms with Crippen molar-refractivity contribution in [1.82, 2.24) is 24.9 Å². The van der Waals surface area contributed by atoms with E-state index in [0.717, 1.165) is 5.56 Å². The van der Waals surface area contributed by atoms with Crippen LogP contribution in [0.1, 0.15) is 27.7 Å². The standard InChI is InChI=1S/C14H13N7O.2C2H6/c1-22-12-7-19-11(10-3-5-18-14(16)21-10)6-8(12)9-2-4-17-13(15)20-9;2*1-2/h2-7H,1H3,(H2,15,17,20)(H2,16,18,21);2*1-2H3. The molecule has 26 heavy (non-hydrogen) atoms. The average Bonchev–Trinajstić information content (AvgIpc) is 2.70. The lowest BCUT2D eigenvalue weighted by molar-refractivity contribution is 0.414. The van der Waals surface area contributed by atoms with Gasteiger partial charge in [0.2, 0.25) is 11.9 Å². The molecular formula is C18H25N7O. The Labute approximate surface area is 153 Å². The summed E-state index contributed by atoms with van der Waals surface area (Å²) in [5, 5.41) is 0. The van der Waals surface area contributed by atoms with Gasteiger partial charge in [-0.1, -0.05) is 27.7 Å². The number of nitrogen functional groups attached to an aromatic ring is 2. The molecule has 3 aromatic rings. The first-order valence-corrected chi connectivity index (χ1v) is 8.39. The summed E-state index contributed by atoms with van der Waals surface area (Å²) < 4.78 is 5.33. The van der Waals surface area contributed by atoms with Crippen molar-refractivity contribution in [2.75, 3.05) is 18.6 Å². The van der Waals surface area contributed by atoms with Crippen molar-refractivity contribution in [3.63, 3.8) is 0 Å². The van der Waals surface area contributed by atoms with Gasteiger partial charge in [-0.2, -0.15) is 0 Å². The Bertz CT molecular complexity index is 824. The summed E-state index contributed by atoms with van der Waals surface area (Å²) in [6.45, 7) is 8.00. The molecule has 4 N–H and O–H groups in total. The summed E-state index contributed by atoms with van der Waals surface area (Å²) >= 11 is 0. The molecule has 0 bridgehead atoms. The first kappa shape index (κ1) is 20.8. The molecule has 0 aliphatic rings. The van der Waals surface area contributed by atoms with E-state index >= 15 is 0 Å². The van der Waals surface area contributed by atoms with E-state index in [1.807, 2.05) is 33.8 Å². The Morgan fingerprint density at radius 3 is 1.85 bits per heavy atom. The summed E-state index contributed by atoms with van der Waals surface area (Å²) in [5.41, 5.74) is 13.9. The molecule has 0 unspecified atom stereocenters. The second-order valence-electron chi connectivity index (χ2n) is 4.37. The molecule has 3 heterocycles. The number of hydrogen-bond acceptors (Lipinski definition) is 8. The fraction of sp³-hybridized carbons (Fsp3) is 0.278. The summed E-state index contributed by atoms with van der Waals surface area (Å²) in [5.74, 6) is 0.941. The van der Waals surface area contributed by atoms with Crippen LogP contribution in [0.25, 0.3) is 22.6 Å². The normalized spacial score (nSPS) is 9.27. The van der Waals surface area contributed by atoms with Crippen molar-refractivity contribution in [3.05, 3.63) is 36.8 Å². The Kier molecular flexibility index (Phi) is 8.42. The van der Waals surface area contributed by atoms with Crippen LogP contribution in [0.2, 0.25) is 0 Å². The fourth-order valence-electron chi connectivity index (χ4n) is 1.99. The van der Waals surface area contributed by atoms with Gasteiger partial charge in [0.15, 0.2) is 0 Å². The maximum atomic E-state index is 5.64. The van der Waals surface area contributed by atoms with Gasteiger partial charge < -0.3 is 16.2 Å². The zero-order valence-corrected chi connectivity index (χ0v) is 15.8. The van der Waals surface area contributed by atoms with Crippen LogP contribution >= 0.6 is 0 Å². The van der Waals surface area contributed by atoms with E-state index in [9.17, 15) is 0 Å². The van der Waals surface area contributed by atoms with Gasteiger partial charge in [-0.05, 0) is 18.2 Å². The lowest BCUT2D eigenvalue weighted by Crippen LogP contribution is -1.99. The van der Waals surface area contributed by atoms with Crippen molar-refractivity contribution in [2.45, 2.75) is 27.7 Å². The minimum atomic E-state index is 0.183. The quantitative estimate of drug-likeness (QED) is 0.733. The van der Waals surface area contributed by atoms with Gasteiger partial charge in [-0.15, -0.1) is 0 Å². The third-order valence-electron chi connectivity index (χ3n) is 2.97. The van der Waals surface area contributed by atoms with E-state index < -0.39 is 0 Å². The Balaban J connectivity index is 0.000000791. The van der Waals surface area contributed by atoms with Crippen LogP contribution in [-0.4, -0.2) is 32.0 Å². The monoisotopic (exact) mass is 355 g/mol. The molecule has 0 fully saturated rings. The maximum Gasteiger partial charge on any atom is 0.220 e. The molecule has 0 saturated heterocycles. The highest BCUT2D eigenvalue weighted by Gasteiger charge is 2.12. The van der Waals surface area contributed by atoms with Crippen molar-refractivity contribution in [3.8, 4) is 28.4 Å². The van der Waals surface area contributed by atoms with E-state index in [-0.39, 0.29) is 11.9 Å². The molecule has 8 heteroatoms. The number of pyridine rings is 1. The molecule has 8 nitrogen and oxygen atoms in total. The van der Waals surface area contributed by atoms with Crippen molar-refractivity contribution in [1.29, 1.82) is 0 Å². The highest BCUT2D eigenvalue weighted by atomic mass is 16.5. The largest absolute Gasteiger partial charge is 0.494 e. The number of hydrogen-bond donors (Lipinski definition) is 2. The SMILES string of the molecule is CC.CC.COc1cnc(-c2ccnc(N)n2)cc1-c1ccnc(N)n1. The molecule has 3 rings (SSSR count). The van der Waals surface area contributed by atoms with Crippen molar-refractivity contribution in [2.24, 2.45) is 0 Å². The average molecular weight is 355 g/mol. The number of methoxy groups -OCH3 is 1. The van der Waals surface area contributed by atoms with Crippen LogP contribution < -0.4 is 16.2 Å². The van der Waals surface area contributed by atoms with Gasteiger partial charge in [0, 0.05) is 18.0 Å². The van der Waals surface area contributed by atoms with E-state index in [1.54, 1.807) is 37.8 Å². The van der Waals surface area contributed by atoms with Crippen LogP contribution in [0, 0.1) is 0 Å². The number of rotatable bonds is 3. The molecule has 3 aromatic heterocycles. The number of anilines is 2. The molecule has 0 aliphatic heterocycles. The molecule has 0 aromatic carbocycles. The Morgan fingerprint density at radius 1 is 0.769 bits per heavy atom. The molecule has 0 spiro atoms. The lowest BCUT2D eigenvalue weighted by atomic mass is 10.1. The van der Waals surface area contributed by atoms with E-state index in [0.29, 0.717) is 22.8 Å². The molecule has 0 atom stereocenters. The van der Waals surface area contributed by atoms with Crippen LogP contribution in [0.3, 0.4) is 0 Å². The highest BCUT2D eigenvalue weighted by molar-refractivity contribution is 5.72. The second kappa shape index (κ2) is 10.5. The molecule has 0 aliphatic carbocycles. The fourth-order valence-corrected chi connectivity index (χ4v) is 1.99. The van der Waals surface area contributed by atoms with Crippen LogP contribution in [0.4, 0.5) is 11.9 Å². The predicted molar refractivity (Wildman–Crippen MR) is 104 cm³/mol. The number of ether oxygens (including phenoxy) is 1. The van der Waals surface area contributed by atoms with Gasteiger partial charge in [0.1, 0.15) is 5.75 Å². The van der Waals surface area contributed by atoms with Crippen LogP contribution in [-0.2, 0) is 0 Å². The van der Waals surface area contributed by atoms with E-state index in [4.69, 9.17) is 16.2 Å². The van der Waals surface area contributed by atoms with Gasteiger partial charge in [0.25, 0.3) is 0 Å². The topological polar surface area (TPSA) is 126 Å². The Morgan fingerprint density at radius 2 is 1.31 bits per heavy atom. The minimum Gasteiger partial charge on any atom is -0.494 e. The molecule has 0 saturated carbocycles. The van der Waals surface area contributed by atoms with Crippen LogP contribution in [0.5, 0.6) is 5.75 Å². The molecule has 138 valence electrons. The predicted octanol–water partition coefficient (Wildman–Crippen LogP) is 3.22. The highest BCUT2D eigenvalue weighted by Crippen LogP contribution is 2.31. The van der Waals surface area contributed by atoms with Crippen molar-refractivity contribution < 1.29 is 4.74 Å². The first-order valence-electron chi connectivity index (χ1n) is 8.39. The third-order valence-corrected chi connectivity index (χ3v) is 2.97. The third kappa shape index (κ3) is 5.10.